The zero-order chi connectivity index (χ0) is 53.8. The number of fused-ring (bicyclic) bond motifs is 2. The summed E-state index contributed by atoms with van der Waals surface area (Å²) in [6.07, 6.45) is -0.157. The van der Waals surface area contributed by atoms with Crippen molar-refractivity contribution in [2.75, 3.05) is 28.4 Å². The topological polar surface area (TPSA) is 142 Å². The van der Waals surface area contributed by atoms with Crippen molar-refractivity contribution < 1.29 is 65.6 Å². The maximum atomic E-state index is 13.8. The van der Waals surface area contributed by atoms with Crippen molar-refractivity contribution >= 4 is 35.4 Å². The summed E-state index contributed by atoms with van der Waals surface area (Å²) in [5.41, 5.74) is 5.07. The lowest BCUT2D eigenvalue weighted by Crippen LogP contribution is -2.42. The number of ether oxygens (including phenoxy) is 4. The maximum absolute atomic E-state index is 13.8. The first-order valence-corrected chi connectivity index (χ1v) is 22.9. The van der Waals surface area contributed by atoms with Gasteiger partial charge in [0, 0.05) is 70.2 Å². The first-order valence-electron chi connectivity index (χ1n) is 22.9. The molecule has 8 rings (SSSR count). The predicted molar refractivity (Wildman–Crippen MR) is 267 cm³/mol. The maximum Gasteiger partial charge on any atom is 0.323 e. The van der Waals surface area contributed by atoms with Gasteiger partial charge in [-0.05, 0) is 138 Å². The molecule has 14 heteroatoms. The van der Waals surface area contributed by atoms with E-state index in [0.29, 0.717) is 89.0 Å². The first-order chi connectivity index (χ1) is 35.2. The molecular weight excluding hydrogens is 957 g/mol. The van der Waals surface area contributed by atoms with Crippen molar-refractivity contribution in [1.82, 2.24) is 0 Å². The molecule has 6 aromatic rings. The van der Waals surface area contributed by atoms with Crippen LogP contribution in [0.1, 0.15) is 78.5 Å². The molecule has 0 heterocycles. The van der Waals surface area contributed by atoms with Crippen LogP contribution in [0.15, 0.2) is 104 Å². The van der Waals surface area contributed by atoms with E-state index in [9.17, 15) is 46.6 Å². The summed E-state index contributed by atoms with van der Waals surface area (Å²) < 4.78 is 74.4. The quantitative estimate of drug-likeness (QED) is 0.0298. The molecule has 0 unspecified atom stereocenters. The van der Waals surface area contributed by atoms with Crippen LogP contribution in [0.4, 0.5) is 17.6 Å². The lowest BCUT2D eigenvalue weighted by atomic mass is 9.83. The Labute approximate surface area is 424 Å². The van der Waals surface area contributed by atoms with Crippen molar-refractivity contribution in [2.24, 2.45) is 10.8 Å². The third-order valence-electron chi connectivity index (χ3n) is 13.5. The smallest absolute Gasteiger partial charge is 0.323 e. The highest BCUT2D eigenvalue weighted by Gasteiger charge is 2.55. The predicted octanol–water partition coefficient (Wildman–Crippen LogP) is 10.3. The summed E-state index contributed by atoms with van der Waals surface area (Å²) in [5.74, 6) is 7.03. The summed E-state index contributed by atoms with van der Waals surface area (Å²) in [5, 5.41) is 10.7. The molecule has 0 amide bonds. The Balaban J connectivity index is 0.000000216. The number of ketones is 1. The van der Waals surface area contributed by atoms with Crippen LogP contribution in [0.3, 0.4) is 0 Å². The van der Waals surface area contributed by atoms with Gasteiger partial charge >= 0.3 is 23.9 Å². The fraction of sp³-hybridized carbons (Fsp3) is 0.217. The zero-order valence-corrected chi connectivity index (χ0v) is 41.4. The lowest BCUT2D eigenvalue weighted by Gasteiger charge is -2.22. The number of benzene rings is 6. The molecular formula is C60H48F4O10. The SMILES string of the molecule is C=C(O)c1c(C)c2c(c(C#Cc3ccc(F)cc3)c1-c1ccc(F)cc1)CC(C(=O)OC)(C(=O)OC)C2.COC(=O)C1(C(=O)OC)Cc2c(C)c(C(C)=O)c(-c3ccc(F)cc3)c(C#Cc3ccc(F)cc3)c2C1. The average molecular weight is 1010 g/mol. The second-order valence-corrected chi connectivity index (χ2v) is 17.8. The van der Waals surface area contributed by atoms with Gasteiger partial charge < -0.3 is 24.1 Å². The Morgan fingerprint density at radius 1 is 0.473 bits per heavy atom. The molecule has 2 aliphatic carbocycles. The van der Waals surface area contributed by atoms with E-state index >= 15 is 0 Å². The molecule has 2 aliphatic rings. The molecule has 0 atom stereocenters. The minimum absolute atomic E-state index is 0.0251. The molecule has 0 aliphatic heterocycles. The van der Waals surface area contributed by atoms with Gasteiger partial charge in [-0.15, -0.1) is 0 Å². The number of rotatable bonds is 8. The number of aliphatic hydroxyl groups is 1. The van der Waals surface area contributed by atoms with Crippen molar-refractivity contribution in [2.45, 2.75) is 46.5 Å². The molecule has 0 saturated carbocycles. The highest BCUT2D eigenvalue weighted by molar-refractivity contribution is 6.07. The molecule has 1 N–H and O–H groups in total. The summed E-state index contributed by atoms with van der Waals surface area (Å²) in [7, 11) is 4.79. The molecule has 376 valence electrons. The van der Waals surface area contributed by atoms with Crippen LogP contribution in [-0.2, 0) is 63.8 Å². The number of hydrogen-bond acceptors (Lipinski definition) is 10. The number of hydrogen-bond donors (Lipinski definition) is 1. The zero-order valence-electron chi connectivity index (χ0n) is 41.4. The van der Waals surface area contributed by atoms with E-state index in [1.54, 1.807) is 38.1 Å². The largest absolute Gasteiger partial charge is 0.508 e. The first kappa shape index (κ1) is 53.1. The van der Waals surface area contributed by atoms with E-state index in [-0.39, 0.29) is 37.2 Å². The Hall–Kier alpha value is -8.75. The second kappa shape index (κ2) is 21.5. The van der Waals surface area contributed by atoms with Gasteiger partial charge in [0.2, 0.25) is 0 Å². The Morgan fingerprint density at radius 2 is 0.757 bits per heavy atom. The van der Waals surface area contributed by atoms with Gasteiger partial charge in [0.15, 0.2) is 16.6 Å². The minimum Gasteiger partial charge on any atom is -0.508 e. The molecule has 6 aromatic carbocycles. The normalized spacial score (nSPS) is 13.2. The van der Waals surface area contributed by atoms with Gasteiger partial charge in [-0.3, -0.25) is 24.0 Å². The van der Waals surface area contributed by atoms with E-state index in [4.69, 9.17) is 18.9 Å². The van der Waals surface area contributed by atoms with E-state index in [1.807, 2.05) is 0 Å². The van der Waals surface area contributed by atoms with Gasteiger partial charge in [-0.2, -0.15) is 0 Å². The third kappa shape index (κ3) is 9.91. The second-order valence-electron chi connectivity index (χ2n) is 17.8. The summed E-state index contributed by atoms with van der Waals surface area (Å²) in [6, 6.07) is 22.6. The van der Waals surface area contributed by atoms with Gasteiger partial charge in [0.1, 0.15) is 29.0 Å². The Morgan fingerprint density at radius 3 is 1.05 bits per heavy atom. The number of methoxy groups -OCH3 is 4. The molecule has 0 radical (unpaired) electrons. The Kier molecular flexibility index (Phi) is 15.4. The van der Waals surface area contributed by atoms with E-state index in [0.717, 1.165) is 0 Å². The van der Waals surface area contributed by atoms with Crippen molar-refractivity contribution in [3.63, 3.8) is 0 Å². The molecule has 10 nitrogen and oxygen atoms in total. The standard InChI is InChI=1S/2C30H24F2O5/c2*1-17-24-15-30(28(34)36-3,29(35)37-4)16-25(24)23(14-7-19-5-10-21(31)11-6-19)27(26(17)18(2)33)20-8-12-22(32)13-9-20/h5-6,8-13H,15-16H2,1-4H3;5-6,8-13,33H,2,15-16H2,1,3-4H3. The monoisotopic (exact) mass is 1000 g/mol. The number of aliphatic hydroxyl groups excluding tert-OH is 1. The fourth-order valence-electron chi connectivity index (χ4n) is 9.93. The Bertz CT molecular complexity index is 3150. The number of esters is 4. The van der Waals surface area contributed by atoms with E-state index in [2.05, 4.69) is 30.3 Å². The minimum atomic E-state index is -1.64. The van der Waals surface area contributed by atoms with Gasteiger partial charge in [0.05, 0.1) is 28.4 Å². The van der Waals surface area contributed by atoms with Crippen LogP contribution < -0.4 is 0 Å². The molecule has 74 heavy (non-hydrogen) atoms. The van der Waals surface area contributed by atoms with Crippen molar-refractivity contribution in [1.29, 1.82) is 0 Å². The van der Waals surface area contributed by atoms with Gasteiger partial charge in [-0.25, -0.2) is 17.6 Å². The van der Waals surface area contributed by atoms with Crippen LogP contribution in [0.25, 0.3) is 28.0 Å². The highest BCUT2D eigenvalue weighted by atomic mass is 19.1. The molecule has 0 spiro atoms. The average Bonchev–Trinajstić information content (AvgIpc) is 4.02. The van der Waals surface area contributed by atoms with Crippen LogP contribution in [0.5, 0.6) is 0 Å². The molecule has 0 saturated heterocycles. The van der Waals surface area contributed by atoms with Crippen molar-refractivity contribution in [3.05, 3.63) is 194 Å². The van der Waals surface area contributed by atoms with Crippen molar-refractivity contribution in [3.8, 4) is 45.9 Å². The van der Waals surface area contributed by atoms with Crippen LogP contribution in [0.2, 0.25) is 0 Å². The number of carbonyl (C=O) groups is 5. The summed E-state index contributed by atoms with van der Waals surface area (Å²) in [6.45, 7) is 8.66. The summed E-state index contributed by atoms with van der Waals surface area (Å²) >= 11 is 0. The van der Waals surface area contributed by atoms with Crippen LogP contribution in [0, 0.1) is 71.6 Å². The third-order valence-corrected chi connectivity index (χ3v) is 13.5. The van der Waals surface area contributed by atoms with Gasteiger partial charge in [0.25, 0.3) is 0 Å². The summed E-state index contributed by atoms with van der Waals surface area (Å²) in [4.78, 5) is 64.8. The molecule has 0 aromatic heterocycles. The van der Waals surface area contributed by atoms with Crippen LogP contribution in [-0.4, -0.2) is 63.2 Å². The lowest BCUT2D eigenvalue weighted by molar-refractivity contribution is -0.170. The highest BCUT2D eigenvalue weighted by Crippen LogP contribution is 2.49. The van der Waals surface area contributed by atoms with Crippen LogP contribution >= 0.6 is 0 Å². The number of Topliss-reactive ketones (excluding diaryl/α,β-unsaturated/α-hetero) is 1. The number of halogens is 4. The van der Waals surface area contributed by atoms with E-state index in [1.165, 1.54) is 108 Å². The number of carbonyl (C=O) groups excluding carboxylic acids is 5. The molecule has 0 fully saturated rings. The fourth-order valence-corrected chi connectivity index (χ4v) is 9.93. The molecule has 0 bridgehead atoms. The van der Waals surface area contributed by atoms with E-state index < -0.39 is 58.0 Å². The van der Waals surface area contributed by atoms with Gasteiger partial charge in [-0.1, -0.05) is 54.5 Å².